The van der Waals surface area contributed by atoms with Crippen molar-refractivity contribution in [1.82, 2.24) is 0 Å². The van der Waals surface area contributed by atoms with Crippen molar-refractivity contribution in [1.29, 1.82) is 0 Å². The standard InChI is InChI=1S/C17H20O/c1-17(2,3)15-9-6-8-12-13-7-4-5-10-16(13)18-11-14(12)15/h4-10,12,14H,11H2,1-3H3/t12-,14+/m1/s1. The van der Waals surface area contributed by atoms with E-state index in [4.69, 9.17) is 4.74 Å². The largest absolute Gasteiger partial charge is 0.493 e. The number of hydrogen-bond donors (Lipinski definition) is 0. The van der Waals surface area contributed by atoms with Gasteiger partial charge in [-0.05, 0) is 11.5 Å². The fourth-order valence-corrected chi connectivity index (χ4v) is 3.12. The van der Waals surface area contributed by atoms with E-state index < -0.39 is 0 Å². The maximum atomic E-state index is 5.94. The molecule has 0 unspecified atom stereocenters. The van der Waals surface area contributed by atoms with E-state index in [2.05, 4.69) is 57.2 Å². The van der Waals surface area contributed by atoms with E-state index in [9.17, 15) is 0 Å². The van der Waals surface area contributed by atoms with Crippen LogP contribution in [0.1, 0.15) is 32.3 Å². The Labute approximate surface area is 109 Å². The highest BCUT2D eigenvalue weighted by Crippen LogP contribution is 2.47. The first-order chi connectivity index (χ1) is 8.57. The Morgan fingerprint density at radius 3 is 2.72 bits per heavy atom. The summed E-state index contributed by atoms with van der Waals surface area (Å²) < 4.78 is 5.94. The van der Waals surface area contributed by atoms with Gasteiger partial charge in [-0.15, -0.1) is 0 Å². The van der Waals surface area contributed by atoms with E-state index in [-0.39, 0.29) is 5.41 Å². The summed E-state index contributed by atoms with van der Waals surface area (Å²) in [5.41, 5.74) is 3.05. The van der Waals surface area contributed by atoms with Gasteiger partial charge in [0.15, 0.2) is 0 Å². The van der Waals surface area contributed by atoms with E-state index in [0.717, 1.165) is 12.4 Å². The number of ether oxygens (including phenoxy) is 1. The number of fused-ring (bicyclic) bond motifs is 3. The number of hydrogen-bond acceptors (Lipinski definition) is 1. The molecule has 94 valence electrons. The molecule has 1 heterocycles. The average molecular weight is 240 g/mol. The van der Waals surface area contributed by atoms with Crippen molar-refractivity contribution in [2.24, 2.45) is 11.3 Å². The molecule has 1 heteroatoms. The molecular weight excluding hydrogens is 220 g/mol. The molecular formula is C17H20O. The SMILES string of the molecule is CC(C)(C)C1=CC=C[C@@H]2c3ccccc3OC[C@H]12. The lowest BCUT2D eigenvalue weighted by Gasteiger charge is -2.40. The molecule has 1 nitrogen and oxygen atoms in total. The zero-order valence-corrected chi connectivity index (χ0v) is 11.3. The van der Waals surface area contributed by atoms with Crippen LogP contribution < -0.4 is 4.74 Å². The van der Waals surface area contributed by atoms with Gasteiger partial charge in [-0.1, -0.05) is 62.8 Å². The zero-order valence-electron chi connectivity index (χ0n) is 11.3. The molecule has 0 N–H and O–H groups in total. The van der Waals surface area contributed by atoms with Gasteiger partial charge in [-0.2, -0.15) is 0 Å². The molecule has 2 aliphatic rings. The number of benzene rings is 1. The minimum absolute atomic E-state index is 0.212. The van der Waals surface area contributed by atoms with Gasteiger partial charge in [0.1, 0.15) is 5.75 Å². The Balaban J connectivity index is 2.03. The number of para-hydroxylation sites is 1. The second kappa shape index (κ2) is 4.01. The van der Waals surface area contributed by atoms with Crippen LogP contribution in [0.25, 0.3) is 0 Å². The van der Waals surface area contributed by atoms with Gasteiger partial charge in [0, 0.05) is 17.4 Å². The third-order valence-corrected chi connectivity index (χ3v) is 3.99. The van der Waals surface area contributed by atoms with Gasteiger partial charge in [0.25, 0.3) is 0 Å². The molecule has 0 bridgehead atoms. The van der Waals surface area contributed by atoms with Crippen LogP contribution in [0.2, 0.25) is 0 Å². The van der Waals surface area contributed by atoms with Gasteiger partial charge < -0.3 is 4.74 Å². The molecule has 0 spiro atoms. The summed E-state index contributed by atoms with van der Waals surface area (Å²) in [6.45, 7) is 7.66. The second-order valence-electron chi connectivity index (χ2n) is 6.24. The predicted molar refractivity (Wildman–Crippen MR) is 74.8 cm³/mol. The highest BCUT2D eigenvalue weighted by molar-refractivity contribution is 5.45. The summed E-state index contributed by atoms with van der Waals surface area (Å²) >= 11 is 0. The van der Waals surface area contributed by atoms with E-state index in [0.29, 0.717) is 11.8 Å². The fourth-order valence-electron chi connectivity index (χ4n) is 3.12. The normalized spacial score (nSPS) is 25.8. The van der Waals surface area contributed by atoms with Gasteiger partial charge in [-0.25, -0.2) is 0 Å². The summed E-state index contributed by atoms with van der Waals surface area (Å²) in [6, 6.07) is 8.43. The minimum atomic E-state index is 0.212. The summed E-state index contributed by atoms with van der Waals surface area (Å²) in [4.78, 5) is 0. The van der Waals surface area contributed by atoms with Crippen molar-refractivity contribution in [2.75, 3.05) is 6.61 Å². The van der Waals surface area contributed by atoms with E-state index in [1.807, 2.05) is 6.07 Å². The lowest BCUT2D eigenvalue weighted by atomic mass is 9.69. The highest BCUT2D eigenvalue weighted by atomic mass is 16.5. The monoisotopic (exact) mass is 240 g/mol. The van der Waals surface area contributed by atoms with Crippen LogP contribution in [0.4, 0.5) is 0 Å². The van der Waals surface area contributed by atoms with Crippen LogP contribution in [0.5, 0.6) is 5.75 Å². The van der Waals surface area contributed by atoms with Gasteiger partial charge >= 0.3 is 0 Å². The Kier molecular flexibility index (Phi) is 2.58. The Bertz CT molecular complexity index is 517. The number of rotatable bonds is 0. The topological polar surface area (TPSA) is 9.23 Å². The molecule has 0 radical (unpaired) electrons. The zero-order chi connectivity index (χ0) is 12.8. The summed E-state index contributed by atoms with van der Waals surface area (Å²) in [5, 5.41) is 0. The Morgan fingerprint density at radius 1 is 1.17 bits per heavy atom. The maximum absolute atomic E-state index is 5.94. The molecule has 0 fully saturated rings. The van der Waals surface area contributed by atoms with Crippen LogP contribution in [-0.2, 0) is 0 Å². The quantitative estimate of drug-likeness (QED) is 0.656. The summed E-state index contributed by atoms with van der Waals surface area (Å²) in [7, 11) is 0. The fraction of sp³-hybridized carbons (Fsp3) is 0.412. The van der Waals surface area contributed by atoms with Crippen molar-refractivity contribution in [3.8, 4) is 5.75 Å². The molecule has 1 aromatic carbocycles. The highest BCUT2D eigenvalue weighted by Gasteiger charge is 2.36. The van der Waals surface area contributed by atoms with Crippen molar-refractivity contribution in [2.45, 2.75) is 26.7 Å². The van der Waals surface area contributed by atoms with E-state index in [1.165, 1.54) is 11.1 Å². The predicted octanol–water partition coefficient (Wildman–Crippen LogP) is 4.32. The van der Waals surface area contributed by atoms with Gasteiger partial charge in [0.05, 0.1) is 6.61 Å². The molecule has 0 aromatic heterocycles. The molecule has 18 heavy (non-hydrogen) atoms. The average Bonchev–Trinajstić information content (AvgIpc) is 2.36. The molecule has 2 atom stereocenters. The van der Waals surface area contributed by atoms with Crippen molar-refractivity contribution < 1.29 is 4.74 Å². The van der Waals surface area contributed by atoms with Crippen LogP contribution in [0.15, 0.2) is 48.1 Å². The van der Waals surface area contributed by atoms with Crippen LogP contribution in [-0.4, -0.2) is 6.61 Å². The maximum Gasteiger partial charge on any atom is 0.123 e. The molecule has 3 rings (SSSR count). The second-order valence-corrected chi connectivity index (χ2v) is 6.24. The van der Waals surface area contributed by atoms with Crippen LogP contribution >= 0.6 is 0 Å². The summed E-state index contributed by atoms with van der Waals surface area (Å²) in [5.74, 6) is 2.03. The van der Waals surface area contributed by atoms with Crippen molar-refractivity contribution >= 4 is 0 Å². The van der Waals surface area contributed by atoms with Crippen LogP contribution in [0.3, 0.4) is 0 Å². The van der Waals surface area contributed by atoms with Crippen molar-refractivity contribution in [3.05, 3.63) is 53.6 Å². The van der Waals surface area contributed by atoms with E-state index in [1.54, 1.807) is 0 Å². The van der Waals surface area contributed by atoms with Gasteiger partial charge in [-0.3, -0.25) is 0 Å². The lowest BCUT2D eigenvalue weighted by Crippen LogP contribution is -2.32. The molecule has 0 saturated carbocycles. The molecule has 1 aromatic rings. The van der Waals surface area contributed by atoms with Crippen molar-refractivity contribution in [3.63, 3.8) is 0 Å². The molecule has 0 amide bonds. The van der Waals surface area contributed by atoms with E-state index >= 15 is 0 Å². The smallest absolute Gasteiger partial charge is 0.123 e. The van der Waals surface area contributed by atoms with Crippen LogP contribution in [0, 0.1) is 11.3 Å². The first-order valence-corrected chi connectivity index (χ1v) is 6.68. The molecule has 0 saturated heterocycles. The van der Waals surface area contributed by atoms with Gasteiger partial charge in [0.2, 0.25) is 0 Å². The lowest BCUT2D eigenvalue weighted by molar-refractivity contribution is 0.210. The first kappa shape index (κ1) is 11.6. The first-order valence-electron chi connectivity index (χ1n) is 6.68. The Hall–Kier alpha value is -1.50. The minimum Gasteiger partial charge on any atom is -0.493 e. The molecule has 1 aliphatic carbocycles. The summed E-state index contributed by atoms with van der Waals surface area (Å²) in [6.07, 6.45) is 6.81. The number of allylic oxidation sites excluding steroid dienone is 3. The Morgan fingerprint density at radius 2 is 1.94 bits per heavy atom. The third-order valence-electron chi connectivity index (χ3n) is 3.99. The third kappa shape index (κ3) is 1.78. The molecule has 1 aliphatic heterocycles.